The summed E-state index contributed by atoms with van der Waals surface area (Å²) in [5.74, 6) is -3.51. The number of imide groups is 1. The summed E-state index contributed by atoms with van der Waals surface area (Å²) < 4.78 is 5.08. The van der Waals surface area contributed by atoms with Crippen molar-refractivity contribution in [2.24, 2.45) is 11.8 Å². The molecule has 0 bridgehead atoms. The Morgan fingerprint density at radius 2 is 1.62 bits per heavy atom. The van der Waals surface area contributed by atoms with E-state index in [1.807, 2.05) is 0 Å². The lowest BCUT2D eigenvalue weighted by Crippen LogP contribution is -2.52. The Hall–Kier alpha value is -4.34. The maximum absolute atomic E-state index is 13.5. The van der Waals surface area contributed by atoms with E-state index in [9.17, 15) is 29.3 Å². The molecule has 0 saturated carbocycles. The number of Topliss-reactive ketones (excluding diaryl/α,β-unsaturated/α-hetero) is 1. The van der Waals surface area contributed by atoms with Gasteiger partial charge in [0.1, 0.15) is 17.9 Å². The average Bonchev–Trinajstić information content (AvgIpc) is 3.12. The van der Waals surface area contributed by atoms with E-state index in [0.717, 1.165) is 11.1 Å². The molecule has 2 aromatic rings. The number of benzene rings is 2. The van der Waals surface area contributed by atoms with Gasteiger partial charge in [-0.15, -0.1) is 0 Å². The molecule has 0 unspecified atom stereocenters. The third kappa shape index (κ3) is 4.05. The third-order valence-corrected chi connectivity index (χ3v) is 6.00. The molecule has 0 aromatic heterocycles. The maximum Gasteiger partial charge on any atom is 0.282 e. The van der Waals surface area contributed by atoms with E-state index in [0.29, 0.717) is 23.6 Å². The molecule has 10 heteroatoms. The van der Waals surface area contributed by atoms with Crippen LogP contribution in [0.1, 0.15) is 33.6 Å². The fourth-order valence-electron chi connectivity index (χ4n) is 4.21. The molecule has 2 atom stereocenters. The Morgan fingerprint density at radius 3 is 2.18 bits per heavy atom. The van der Waals surface area contributed by atoms with Crippen LogP contribution in [0.2, 0.25) is 0 Å². The van der Waals surface area contributed by atoms with E-state index in [1.165, 1.54) is 37.4 Å². The molecule has 10 nitrogen and oxygen atoms in total. The van der Waals surface area contributed by atoms with Crippen LogP contribution in [0.25, 0.3) is 0 Å². The summed E-state index contributed by atoms with van der Waals surface area (Å²) in [7, 11) is 1.48. The van der Waals surface area contributed by atoms with Crippen LogP contribution in [0.15, 0.2) is 60.7 Å². The highest BCUT2D eigenvalue weighted by Crippen LogP contribution is 2.36. The number of nitro benzene ring substituents is 1. The van der Waals surface area contributed by atoms with Crippen molar-refractivity contribution in [1.82, 2.24) is 10.0 Å². The number of fused-ring (bicyclic) bond motifs is 1. The summed E-state index contributed by atoms with van der Waals surface area (Å²) in [5, 5.41) is 12.9. The van der Waals surface area contributed by atoms with Crippen LogP contribution in [0.3, 0.4) is 0 Å². The van der Waals surface area contributed by atoms with Crippen molar-refractivity contribution in [3.63, 3.8) is 0 Å². The van der Waals surface area contributed by atoms with Gasteiger partial charge in [-0.25, -0.2) is 5.01 Å². The predicted octanol–water partition coefficient (Wildman–Crippen LogP) is 2.79. The first kappa shape index (κ1) is 22.8. The highest BCUT2D eigenvalue weighted by atomic mass is 16.6. The second-order valence-corrected chi connectivity index (χ2v) is 7.93. The van der Waals surface area contributed by atoms with Crippen LogP contribution in [0.4, 0.5) is 5.69 Å². The fraction of sp³-hybridized carbons (Fsp3) is 0.250. The molecule has 0 spiro atoms. The smallest absolute Gasteiger partial charge is 0.282 e. The number of allylic oxidation sites excluding steroid dienone is 2. The van der Waals surface area contributed by atoms with Gasteiger partial charge in [-0.05, 0) is 43.2 Å². The molecule has 3 amide bonds. The van der Waals surface area contributed by atoms with E-state index in [-0.39, 0.29) is 11.1 Å². The topological polar surface area (TPSA) is 127 Å². The minimum absolute atomic E-state index is 0.222. The fourth-order valence-corrected chi connectivity index (χ4v) is 4.21. The van der Waals surface area contributed by atoms with E-state index in [4.69, 9.17) is 4.74 Å². The van der Waals surface area contributed by atoms with Crippen LogP contribution in [-0.4, -0.2) is 52.1 Å². The zero-order valence-corrected chi connectivity index (χ0v) is 18.2. The number of rotatable bonds is 7. The van der Waals surface area contributed by atoms with Crippen molar-refractivity contribution in [3.05, 3.63) is 81.9 Å². The molecule has 34 heavy (non-hydrogen) atoms. The number of methoxy groups -OCH3 is 1. The van der Waals surface area contributed by atoms with Gasteiger partial charge in [0.15, 0.2) is 5.78 Å². The SMILES string of the molecule is COc1ccc(C(=O)CN(C(=O)c2ccccc2[N+](=O)[O-])N2C(=O)[C@H]3CC=CC[C@@H]3C2=O)cc1. The Kier molecular flexibility index (Phi) is 6.22. The number of ketones is 1. The lowest BCUT2D eigenvalue weighted by Gasteiger charge is -2.30. The molecule has 1 aliphatic heterocycles. The summed E-state index contributed by atoms with van der Waals surface area (Å²) in [6.45, 7) is -0.651. The molecule has 1 aliphatic carbocycles. The second kappa shape index (κ2) is 9.26. The Balaban J connectivity index is 1.73. The van der Waals surface area contributed by atoms with Crippen LogP contribution in [0.5, 0.6) is 5.75 Å². The molecule has 4 rings (SSSR count). The van der Waals surface area contributed by atoms with Crippen molar-refractivity contribution < 1.29 is 28.8 Å². The van der Waals surface area contributed by atoms with E-state index < -0.39 is 52.5 Å². The van der Waals surface area contributed by atoms with Crippen LogP contribution >= 0.6 is 0 Å². The number of carbonyl (C=O) groups is 4. The van der Waals surface area contributed by atoms with Gasteiger partial charge in [0, 0.05) is 11.6 Å². The summed E-state index contributed by atoms with van der Waals surface area (Å²) in [6, 6.07) is 11.3. The van der Waals surface area contributed by atoms with Gasteiger partial charge in [0.25, 0.3) is 23.4 Å². The van der Waals surface area contributed by atoms with Crippen molar-refractivity contribution in [2.75, 3.05) is 13.7 Å². The molecule has 1 saturated heterocycles. The number of hydrazine groups is 1. The largest absolute Gasteiger partial charge is 0.497 e. The van der Waals surface area contributed by atoms with Crippen molar-refractivity contribution in [2.45, 2.75) is 12.8 Å². The van der Waals surface area contributed by atoms with Gasteiger partial charge >= 0.3 is 0 Å². The first-order valence-corrected chi connectivity index (χ1v) is 10.6. The Bertz CT molecular complexity index is 1180. The molecule has 0 N–H and O–H groups in total. The molecule has 0 radical (unpaired) electrons. The van der Waals surface area contributed by atoms with Crippen LogP contribution in [0, 0.1) is 22.0 Å². The highest BCUT2D eigenvalue weighted by Gasteiger charge is 2.51. The number of hydrogen-bond donors (Lipinski definition) is 0. The van der Waals surface area contributed by atoms with Crippen LogP contribution in [-0.2, 0) is 9.59 Å². The van der Waals surface area contributed by atoms with Gasteiger partial charge < -0.3 is 4.74 Å². The zero-order chi connectivity index (χ0) is 24.4. The third-order valence-electron chi connectivity index (χ3n) is 6.00. The first-order chi connectivity index (χ1) is 16.3. The molecule has 2 aromatic carbocycles. The molecular formula is C24H21N3O7. The second-order valence-electron chi connectivity index (χ2n) is 7.93. The van der Waals surface area contributed by atoms with E-state index in [1.54, 1.807) is 24.3 Å². The van der Waals surface area contributed by atoms with Gasteiger partial charge in [-0.1, -0.05) is 24.3 Å². The number of nitro groups is 1. The van der Waals surface area contributed by atoms with Crippen molar-refractivity contribution in [1.29, 1.82) is 0 Å². The normalized spacial score (nSPS) is 19.0. The lowest BCUT2D eigenvalue weighted by atomic mass is 9.85. The van der Waals surface area contributed by atoms with Gasteiger partial charge in [-0.3, -0.25) is 29.3 Å². The number of carbonyl (C=O) groups excluding carboxylic acids is 4. The molecule has 1 heterocycles. The maximum atomic E-state index is 13.5. The number of para-hydroxylation sites is 1. The number of ether oxygens (including phenoxy) is 1. The zero-order valence-electron chi connectivity index (χ0n) is 18.2. The summed E-state index contributed by atoms with van der Waals surface area (Å²) in [5.41, 5.74) is -0.601. The van der Waals surface area contributed by atoms with Crippen molar-refractivity contribution in [3.8, 4) is 5.75 Å². The average molecular weight is 463 g/mol. The van der Waals surface area contributed by atoms with Crippen molar-refractivity contribution >= 4 is 29.2 Å². The minimum atomic E-state index is -0.984. The minimum Gasteiger partial charge on any atom is -0.497 e. The number of amides is 3. The molecule has 174 valence electrons. The predicted molar refractivity (Wildman–Crippen MR) is 119 cm³/mol. The quantitative estimate of drug-likeness (QED) is 0.203. The molecule has 2 aliphatic rings. The summed E-state index contributed by atoms with van der Waals surface area (Å²) in [4.78, 5) is 63.7. The lowest BCUT2D eigenvalue weighted by molar-refractivity contribution is -0.385. The van der Waals surface area contributed by atoms with E-state index in [2.05, 4.69) is 0 Å². The number of hydrogen-bond acceptors (Lipinski definition) is 7. The monoisotopic (exact) mass is 463 g/mol. The van der Waals surface area contributed by atoms with Gasteiger partial charge in [-0.2, -0.15) is 5.01 Å². The molecular weight excluding hydrogens is 442 g/mol. The summed E-state index contributed by atoms with van der Waals surface area (Å²) >= 11 is 0. The first-order valence-electron chi connectivity index (χ1n) is 10.6. The number of nitrogens with zero attached hydrogens (tertiary/aromatic N) is 3. The summed E-state index contributed by atoms with van der Waals surface area (Å²) in [6.07, 6.45) is 4.27. The standard InChI is InChI=1S/C24H21N3O7/c1-34-16-12-10-15(11-13-16)21(28)14-25(22(29)19-8-4-5-9-20(19)27(32)33)26-23(30)17-6-2-3-7-18(17)24(26)31/h2-5,8-13,17-18H,6-7,14H2,1H3/t17-,18-/m0/s1. The Morgan fingerprint density at radius 1 is 1.03 bits per heavy atom. The van der Waals surface area contributed by atoms with Gasteiger partial charge in [0.05, 0.1) is 23.9 Å². The van der Waals surface area contributed by atoms with Crippen LogP contribution < -0.4 is 4.74 Å². The highest BCUT2D eigenvalue weighted by molar-refractivity contribution is 6.10. The molecule has 1 fully saturated rings. The van der Waals surface area contributed by atoms with Gasteiger partial charge in [0.2, 0.25) is 0 Å². The van der Waals surface area contributed by atoms with E-state index >= 15 is 0 Å². The Labute approximate surface area is 194 Å².